The van der Waals surface area contributed by atoms with Crippen molar-refractivity contribution in [1.29, 1.82) is 5.41 Å². The Bertz CT molecular complexity index is 1250. The molecule has 0 amide bonds. The number of hydrogen-bond donors (Lipinski definition) is 2. The summed E-state index contributed by atoms with van der Waals surface area (Å²) in [5.41, 5.74) is 2.76. The minimum Gasteiger partial charge on any atom is -0.497 e. The highest BCUT2D eigenvalue weighted by molar-refractivity contribution is 14.1. The van der Waals surface area contributed by atoms with E-state index in [9.17, 15) is 0 Å². The molecular weight excluding hydrogens is 513 g/mol. The van der Waals surface area contributed by atoms with Crippen LogP contribution in [0.3, 0.4) is 0 Å². The molecule has 0 saturated heterocycles. The Balaban J connectivity index is 1.65. The van der Waals surface area contributed by atoms with Gasteiger partial charge in [0.15, 0.2) is 16.3 Å². The minimum atomic E-state index is 0.174. The van der Waals surface area contributed by atoms with Crippen LogP contribution in [0.25, 0.3) is 11.2 Å². The van der Waals surface area contributed by atoms with Gasteiger partial charge in [-0.2, -0.15) is 0 Å². The third-order valence-corrected chi connectivity index (χ3v) is 6.20. The number of aromatic amines is 1. The van der Waals surface area contributed by atoms with Gasteiger partial charge in [0.25, 0.3) is 0 Å². The first-order chi connectivity index (χ1) is 14.6. The van der Waals surface area contributed by atoms with Crippen LogP contribution in [0, 0.1) is 8.98 Å². The van der Waals surface area contributed by atoms with E-state index in [0.717, 1.165) is 29.4 Å². The number of ether oxygens (including phenoxy) is 2. The second kappa shape index (κ2) is 9.09. The number of H-pyrrole nitrogens is 1. The number of rotatable bonds is 7. The highest BCUT2D eigenvalue weighted by Crippen LogP contribution is 2.36. The number of halogens is 1. The maximum absolute atomic E-state index is 8.17. The number of methoxy groups -OCH3 is 2. The van der Waals surface area contributed by atoms with E-state index in [0.29, 0.717) is 16.3 Å². The normalized spacial score (nSPS) is 11.0. The van der Waals surface area contributed by atoms with E-state index >= 15 is 0 Å². The molecule has 2 N–H and O–H groups in total. The van der Waals surface area contributed by atoms with Crippen molar-refractivity contribution in [2.24, 2.45) is 0 Å². The zero-order valence-corrected chi connectivity index (χ0v) is 19.5. The maximum Gasteiger partial charge on any atom is 0.173 e. The molecule has 0 bridgehead atoms. The molecule has 4 aromatic rings. The van der Waals surface area contributed by atoms with Crippen LogP contribution in [0.15, 0.2) is 58.8 Å². The molecule has 2 heterocycles. The van der Waals surface area contributed by atoms with E-state index in [1.807, 2.05) is 22.8 Å². The van der Waals surface area contributed by atoms with E-state index in [2.05, 4.69) is 56.8 Å². The average molecular weight is 533 g/mol. The number of nitrogens with zero attached hydrogens (tertiary/aromatic N) is 3. The monoisotopic (exact) mass is 533 g/mol. The summed E-state index contributed by atoms with van der Waals surface area (Å²) >= 11 is 3.75. The lowest BCUT2D eigenvalue weighted by atomic mass is 10.1. The molecule has 0 saturated carbocycles. The zero-order chi connectivity index (χ0) is 21.1. The van der Waals surface area contributed by atoms with E-state index in [-0.39, 0.29) is 5.49 Å². The topological polar surface area (TPSA) is 88.8 Å². The molecule has 0 aliphatic rings. The van der Waals surface area contributed by atoms with Gasteiger partial charge in [-0.1, -0.05) is 12.1 Å². The van der Waals surface area contributed by atoms with Crippen LogP contribution in [0.2, 0.25) is 0 Å². The molecule has 0 aliphatic carbocycles. The van der Waals surface area contributed by atoms with Crippen molar-refractivity contribution in [3.63, 3.8) is 0 Å². The van der Waals surface area contributed by atoms with Crippen LogP contribution >= 0.6 is 34.4 Å². The molecule has 0 radical (unpaired) electrons. The Morgan fingerprint density at radius 1 is 1.17 bits per heavy atom. The fraction of sp³-hybridized carbons (Fsp3) is 0.190. The predicted molar refractivity (Wildman–Crippen MR) is 124 cm³/mol. The van der Waals surface area contributed by atoms with E-state index in [1.165, 1.54) is 20.9 Å². The minimum absolute atomic E-state index is 0.174. The molecular formula is C21H20IN5O2S. The SMILES string of the molecule is COc1ccc(OC)c(Sc2nc3c([nH]2)c(=N)ncn3CCc2cccc(I)c2)c1. The van der Waals surface area contributed by atoms with Crippen molar-refractivity contribution in [2.75, 3.05) is 14.2 Å². The number of nitrogens with one attached hydrogen (secondary N) is 2. The lowest BCUT2D eigenvalue weighted by Crippen LogP contribution is -2.13. The fourth-order valence-corrected chi connectivity index (χ4v) is 4.61. The van der Waals surface area contributed by atoms with Crippen molar-refractivity contribution >= 4 is 45.5 Å². The van der Waals surface area contributed by atoms with Crippen LogP contribution < -0.4 is 15.0 Å². The first-order valence-corrected chi connectivity index (χ1v) is 11.1. The maximum atomic E-state index is 8.17. The van der Waals surface area contributed by atoms with Crippen LogP contribution in [-0.4, -0.2) is 33.7 Å². The number of hydrogen-bond acceptors (Lipinski definition) is 6. The van der Waals surface area contributed by atoms with Gasteiger partial charge in [0.1, 0.15) is 17.0 Å². The van der Waals surface area contributed by atoms with Gasteiger partial charge in [0.2, 0.25) is 0 Å². The summed E-state index contributed by atoms with van der Waals surface area (Å²) < 4.78 is 14.0. The van der Waals surface area contributed by atoms with Gasteiger partial charge in [-0.05, 0) is 76.7 Å². The van der Waals surface area contributed by atoms with Gasteiger partial charge in [-0.25, -0.2) is 9.97 Å². The van der Waals surface area contributed by atoms with Gasteiger partial charge >= 0.3 is 0 Å². The van der Waals surface area contributed by atoms with E-state index in [1.54, 1.807) is 20.5 Å². The lowest BCUT2D eigenvalue weighted by molar-refractivity contribution is 0.394. The second-order valence-corrected chi connectivity index (χ2v) is 8.80. The molecule has 2 aromatic carbocycles. The summed E-state index contributed by atoms with van der Waals surface area (Å²) in [5.74, 6) is 1.47. The molecule has 0 unspecified atom stereocenters. The molecule has 0 atom stereocenters. The number of imidazole rings is 1. The first-order valence-electron chi connectivity index (χ1n) is 9.21. The van der Waals surface area contributed by atoms with E-state index in [4.69, 9.17) is 19.9 Å². The molecule has 0 spiro atoms. The number of aromatic nitrogens is 4. The van der Waals surface area contributed by atoms with Gasteiger partial charge in [-0.15, -0.1) is 0 Å². The summed E-state index contributed by atoms with van der Waals surface area (Å²) in [7, 11) is 3.27. The van der Waals surface area contributed by atoms with Crippen molar-refractivity contribution in [1.82, 2.24) is 19.5 Å². The zero-order valence-electron chi connectivity index (χ0n) is 16.5. The lowest BCUT2D eigenvalue weighted by Gasteiger charge is -2.08. The molecule has 2 aromatic heterocycles. The van der Waals surface area contributed by atoms with Crippen molar-refractivity contribution < 1.29 is 9.47 Å². The van der Waals surface area contributed by atoms with Gasteiger partial charge in [0.05, 0.1) is 25.4 Å². The van der Waals surface area contributed by atoms with Crippen LogP contribution in [0.1, 0.15) is 5.56 Å². The molecule has 0 aliphatic heterocycles. The standard InChI is InChI=1S/C21H20IN5O2S/c1-28-15-6-7-16(29-2)17(11-15)30-21-25-18-19(23)24-12-27(20(18)26-21)9-8-13-4-3-5-14(22)10-13/h3-7,10-12,23H,8-9H2,1-2H3,(H,25,26). The summed E-state index contributed by atoms with van der Waals surface area (Å²) in [6.07, 6.45) is 2.54. The first kappa shape index (κ1) is 20.7. The molecule has 9 heteroatoms. The summed E-state index contributed by atoms with van der Waals surface area (Å²) in [4.78, 5) is 13.1. The number of benzene rings is 2. The third-order valence-electron chi connectivity index (χ3n) is 4.61. The summed E-state index contributed by atoms with van der Waals surface area (Å²) in [6.45, 7) is 0.724. The predicted octanol–water partition coefficient (Wildman–Crippen LogP) is 4.25. The average Bonchev–Trinajstić information content (AvgIpc) is 3.18. The number of fused-ring (bicyclic) bond motifs is 1. The van der Waals surface area contributed by atoms with Gasteiger partial charge < -0.3 is 19.0 Å². The molecule has 30 heavy (non-hydrogen) atoms. The Morgan fingerprint density at radius 2 is 2.03 bits per heavy atom. The van der Waals surface area contributed by atoms with Crippen LogP contribution in [0.4, 0.5) is 0 Å². The third kappa shape index (κ3) is 4.46. The smallest absolute Gasteiger partial charge is 0.173 e. The van der Waals surface area contributed by atoms with Crippen molar-refractivity contribution in [3.05, 3.63) is 63.4 Å². The largest absolute Gasteiger partial charge is 0.497 e. The molecule has 0 fully saturated rings. The van der Waals surface area contributed by atoms with Crippen LogP contribution in [0.5, 0.6) is 11.5 Å². The molecule has 7 nitrogen and oxygen atoms in total. The second-order valence-electron chi connectivity index (χ2n) is 6.53. The Kier molecular flexibility index (Phi) is 6.28. The van der Waals surface area contributed by atoms with Crippen molar-refractivity contribution in [2.45, 2.75) is 23.0 Å². The summed E-state index contributed by atoms with van der Waals surface area (Å²) in [5, 5.41) is 8.84. The quantitative estimate of drug-likeness (QED) is 0.347. The Labute approximate surface area is 191 Å². The Morgan fingerprint density at radius 3 is 2.80 bits per heavy atom. The molecule has 4 rings (SSSR count). The van der Waals surface area contributed by atoms with Crippen LogP contribution in [-0.2, 0) is 13.0 Å². The van der Waals surface area contributed by atoms with Gasteiger partial charge in [0, 0.05) is 10.1 Å². The fourth-order valence-electron chi connectivity index (χ4n) is 3.08. The highest BCUT2D eigenvalue weighted by atomic mass is 127. The molecule has 154 valence electrons. The number of aryl methyl sites for hydroxylation is 2. The van der Waals surface area contributed by atoms with E-state index < -0.39 is 0 Å². The highest BCUT2D eigenvalue weighted by Gasteiger charge is 2.13. The van der Waals surface area contributed by atoms with Crippen molar-refractivity contribution in [3.8, 4) is 11.5 Å². The van der Waals surface area contributed by atoms with Gasteiger partial charge in [-0.3, -0.25) is 5.41 Å². The summed E-state index contributed by atoms with van der Waals surface area (Å²) in [6, 6.07) is 14.1. The Hall–Kier alpha value is -2.53.